The molecule has 0 spiro atoms. The molecule has 6 heteroatoms. The highest BCUT2D eigenvalue weighted by molar-refractivity contribution is 9.10. The monoisotopic (exact) mass is 354 g/mol. The van der Waals surface area contributed by atoms with Crippen LogP contribution in [-0.2, 0) is 4.74 Å². The summed E-state index contributed by atoms with van der Waals surface area (Å²) in [5.41, 5.74) is 0.661. The smallest absolute Gasteiger partial charge is 0.409 e. The van der Waals surface area contributed by atoms with Gasteiger partial charge in [-0.05, 0) is 31.5 Å². The van der Waals surface area contributed by atoms with Gasteiger partial charge in [0, 0.05) is 36.2 Å². The Hall–Kier alpha value is -1.56. The maximum Gasteiger partial charge on any atom is 0.409 e. The van der Waals surface area contributed by atoms with Gasteiger partial charge in [0.15, 0.2) is 0 Å². The molecule has 0 atom stereocenters. The Morgan fingerprint density at radius 3 is 2.62 bits per heavy atom. The average Bonchev–Trinajstić information content (AvgIpc) is 2.72. The molecule has 0 saturated carbocycles. The van der Waals surface area contributed by atoms with Crippen molar-refractivity contribution >= 4 is 27.9 Å². The van der Waals surface area contributed by atoms with Crippen molar-refractivity contribution in [2.75, 3.05) is 32.8 Å². The molecule has 0 aromatic heterocycles. The van der Waals surface area contributed by atoms with E-state index in [0.29, 0.717) is 38.3 Å². The third kappa shape index (κ3) is 4.20. The summed E-state index contributed by atoms with van der Waals surface area (Å²) in [6.07, 6.45) is 0.465. The van der Waals surface area contributed by atoms with Gasteiger partial charge < -0.3 is 14.5 Å². The van der Waals surface area contributed by atoms with Crippen LogP contribution in [0.1, 0.15) is 23.7 Å². The van der Waals surface area contributed by atoms with Crippen molar-refractivity contribution in [1.82, 2.24) is 9.80 Å². The Labute approximate surface area is 133 Å². The third-order valence-electron chi connectivity index (χ3n) is 3.38. The number of halogens is 1. The van der Waals surface area contributed by atoms with E-state index >= 15 is 0 Å². The molecule has 2 amide bonds. The minimum absolute atomic E-state index is 0.00186. The van der Waals surface area contributed by atoms with Gasteiger partial charge >= 0.3 is 6.09 Å². The second kappa shape index (κ2) is 7.45. The van der Waals surface area contributed by atoms with Gasteiger partial charge in [-0.15, -0.1) is 0 Å². The number of benzene rings is 1. The topological polar surface area (TPSA) is 49.9 Å². The number of carbonyl (C=O) groups is 2. The molecule has 1 aliphatic rings. The summed E-state index contributed by atoms with van der Waals surface area (Å²) >= 11 is 3.38. The van der Waals surface area contributed by atoms with Crippen LogP contribution in [0.3, 0.4) is 0 Å². The van der Waals surface area contributed by atoms with Gasteiger partial charge in [-0.2, -0.15) is 0 Å². The number of hydrogen-bond donors (Lipinski definition) is 0. The molecule has 0 N–H and O–H groups in total. The molecule has 21 heavy (non-hydrogen) atoms. The molecule has 1 fully saturated rings. The van der Waals surface area contributed by atoms with Crippen LogP contribution < -0.4 is 0 Å². The molecule has 1 aromatic carbocycles. The highest BCUT2D eigenvalue weighted by Gasteiger charge is 2.23. The van der Waals surface area contributed by atoms with E-state index in [1.165, 1.54) is 0 Å². The molecule has 1 heterocycles. The SMILES string of the molecule is CCOC(=O)N1CCCN(C(=O)c2cccc(Br)c2)CC1. The summed E-state index contributed by atoms with van der Waals surface area (Å²) in [4.78, 5) is 27.7. The summed E-state index contributed by atoms with van der Waals surface area (Å²) in [5.74, 6) is 0.00186. The first-order chi connectivity index (χ1) is 10.1. The Balaban J connectivity index is 1.99. The molecule has 0 bridgehead atoms. The molecule has 1 saturated heterocycles. The minimum Gasteiger partial charge on any atom is -0.450 e. The van der Waals surface area contributed by atoms with Crippen LogP contribution in [0.5, 0.6) is 0 Å². The molecule has 0 unspecified atom stereocenters. The van der Waals surface area contributed by atoms with Gasteiger partial charge in [0.25, 0.3) is 5.91 Å². The fourth-order valence-corrected chi connectivity index (χ4v) is 2.72. The fraction of sp³-hybridized carbons (Fsp3) is 0.467. The van der Waals surface area contributed by atoms with E-state index in [0.717, 1.165) is 10.9 Å². The van der Waals surface area contributed by atoms with Crippen LogP contribution in [0.2, 0.25) is 0 Å². The van der Waals surface area contributed by atoms with Crippen LogP contribution >= 0.6 is 15.9 Å². The molecule has 0 radical (unpaired) electrons. The van der Waals surface area contributed by atoms with Gasteiger partial charge in [-0.1, -0.05) is 22.0 Å². The zero-order chi connectivity index (χ0) is 15.2. The first-order valence-electron chi connectivity index (χ1n) is 7.08. The number of rotatable bonds is 2. The molecule has 114 valence electrons. The lowest BCUT2D eigenvalue weighted by molar-refractivity contribution is 0.0753. The molecule has 2 rings (SSSR count). The minimum atomic E-state index is -0.297. The van der Waals surface area contributed by atoms with Crippen LogP contribution in [0.15, 0.2) is 28.7 Å². The van der Waals surface area contributed by atoms with Crippen molar-refractivity contribution < 1.29 is 14.3 Å². The Kier molecular flexibility index (Phi) is 5.61. The molecule has 1 aliphatic heterocycles. The predicted molar refractivity (Wildman–Crippen MR) is 83.3 cm³/mol. The van der Waals surface area contributed by atoms with Crippen molar-refractivity contribution in [3.8, 4) is 0 Å². The molecule has 1 aromatic rings. The second-order valence-electron chi connectivity index (χ2n) is 4.84. The van der Waals surface area contributed by atoms with Gasteiger partial charge in [0.05, 0.1) is 6.61 Å². The van der Waals surface area contributed by atoms with E-state index in [2.05, 4.69) is 15.9 Å². The van der Waals surface area contributed by atoms with Crippen molar-refractivity contribution in [2.24, 2.45) is 0 Å². The summed E-state index contributed by atoms with van der Waals surface area (Å²) in [5, 5.41) is 0. The number of nitrogens with zero attached hydrogens (tertiary/aromatic N) is 2. The van der Waals surface area contributed by atoms with E-state index in [9.17, 15) is 9.59 Å². The number of amides is 2. The van der Waals surface area contributed by atoms with Crippen LogP contribution in [0.25, 0.3) is 0 Å². The van der Waals surface area contributed by atoms with E-state index in [1.54, 1.807) is 22.8 Å². The molecule has 5 nitrogen and oxygen atoms in total. The average molecular weight is 355 g/mol. The van der Waals surface area contributed by atoms with Gasteiger partial charge in [0.2, 0.25) is 0 Å². The third-order valence-corrected chi connectivity index (χ3v) is 3.87. The van der Waals surface area contributed by atoms with Gasteiger partial charge in [0.1, 0.15) is 0 Å². The van der Waals surface area contributed by atoms with Crippen molar-refractivity contribution in [2.45, 2.75) is 13.3 Å². The first kappa shape index (κ1) is 15.8. The van der Waals surface area contributed by atoms with Crippen molar-refractivity contribution in [1.29, 1.82) is 0 Å². The largest absolute Gasteiger partial charge is 0.450 e. The Morgan fingerprint density at radius 2 is 1.90 bits per heavy atom. The Morgan fingerprint density at radius 1 is 1.19 bits per heavy atom. The lowest BCUT2D eigenvalue weighted by Gasteiger charge is -2.21. The number of carbonyl (C=O) groups excluding carboxylic acids is 2. The van der Waals surface area contributed by atoms with E-state index in [-0.39, 0.29) is 12.0 Å². The van der Waals surface area contributed by atoms with Crippen molar-refractivity contribution in [3.63, 3.8) is 0 Å². The van der Waals surface area contributed by atoms with Crippen LogP contribution in [0.4, 0.5) is 4.79 Å². The normalized spacial score (nSPS) is 15.5. The molecule has 0 aliphatic carbocycles. The predicted octanol–water partition coefficient (Wildman–Crippen LogP) is 2.75. The standard InChI is InChI=1S/C15H19BrN2O3/c1-2-21-15(20)18-8-4-7-17(9-10-18)14(19)12-5-3-6-13(16)11-12/h3,5-6,11H,2,4,7-10H2,1H3. The zero-order valence-corrected chi connectivity index (χ0v) is 13.6. The molecular weight excluding hydrogens is 336 g/mol. The van der Waals surface area contributed by atoms with Crippen molar-refractivity contribution in [3.05, 3.63) is 34.3 Å². The van der Waals surface area contributed by atoms with Crippen LogP contribution in [0, 0.1) is 0 Å². The maximum atomic E-state index is 12.5. The highest BCUT2D eigenvalue weighted by Crippen LogP contribution is 2.15. The molecular formula is C15H19BrN2O3. The summed E-state index contributed by atoms with van der Waals surface area (Å²) in [6, 6.07) is 7.36. The highest BCUT2D eigenvalue weighted by atomic mass is 79.9. The first-order valence-corrected chi connectivity index (χ1v) is 7.87. The zero-order valence-electron chi connectivity index (χ0n) is 12.0. The fourth-order valence-electron chi connectivity index (χ4n) is 2.32. The van der Waals surface area contributed by atoms with E-state index in [4.69, 9.17) is 4.74 Å². The summed E-state index contributed by atoms with van der Waals surface area (Å²) in [6.45, 7) is 4.49. The quantitative estimate of drug-likeness (QED) is 0.820. The lowest BCUT2D eigenvalue weighted by atomic mass is 10.2. The lowest BCUT2D eigenvalue weighted by Crippen LogP contribution is -2.37. The maximum absolute atomic E-state index is 12.5. The second-order valence-corrected chi connectivity index (χ2v) is 5.76. The summed E-state index contributed by atoms with van der Waals surface area (Å²) in [7, 11) is 0. The number of ether oxygens (including phenoxy) is 1. The number of hydrogen-bond acceptors (Lipinski definition) is 3. The van der Waals surface area contributed by atoms with E-state index in [1.807, 2.05) is 18.2 Å². The van der Waals surface area contributed by atoms with Gasteiger partial charge in [-0.3, -0.25) is 4.79 Å². The summed E-state index contributed by atoms with van der Waals surface area (Å²) < 4.78 is 5.90. The Bertz CT molecular complexity index is 521. The van der Waals surface area contributed by atoms with Crippen LogP contribution in [-0.4, -0.2) is 54.6 Å². The van der Waals surface area contributed by atoms with Gasteiger partial charge in [-0.25, -0.2) is 4.79 Å². The van der Waals surface area contributed by atoms with E-state index < -0.39 is 0 Å².